The highest BCUT2D eigenvalue weighted by Crippen LogP contribution is 2.38. The topological polar surface area (TPSA) is 37.3 Å². The predicted molar refractivity (Wildman–Crippen MR) is 68.0 cm³/mol. The third-order valence-corrected chi connectivity index (χ3v) is 3.53. The van der Waals surface area contributed by atoms with Crippen molar-refractivity contribution in [1.29, 1.82) is 0 Å². The van der Waals surface area contributed by atoms with E-state index in [4.69, 9.17) is 0 Å². The van der Waals surface area contributed by atoms with Gasteiger partial charge in [0.05, 0.1) is 0 Å². The monoisotopic (exact) mass is 232 g/mol. The molecule has 0 spiro atoms. The highest BCUT2D eigenvalue weighted by molar-refractivity contribution is 5.84. The Morgan fingerprint density at radius 2 is 2.06 bits per heavy atom. The van der Waals surface area contributed by atoms with Crippen LogP contribution in [0.15, 0.2) is 24.3 Å². The zero-order valence-corrected chi connectivity index (χ0v) is 10.7. The summed E-state index contributed by atoms with van der Waals surface area (Å²) in [6.07, 6.45) is 0.587. The molecule has 2 nitrogen and oxygen atoms in total. The maximum atomic E-state index is 12.0. The second kappa shape index (κ2) is 4.26. The van der Waals surface area contributed by atoms with Gasteiger partial charge in [-0.25, -0.2) is 0 Å². The third kappa shape index (κ3) is 2.42. The lowest BCUT2D eigenvalue weighted by atomic mass is 9.73. The van der Waals surface area contributed by atoms with Crippen molar-refractivity contribution in [3.8, 4) is 0 Å². The lowest BCUT2D eigenvalue weighted by molar-refractivity contribution is -0.132. The van der Waals surface area contributed by atoms with E-state index in [0.717, 1.165) is 6.42 Å². The van der Waals surface area contributed by atoms with Gasteiger partial charge in [-0.15, -0.1) is 0 Å². The number of hydrogen-bond donors (Lipinski definition) is 1. The van der Waals surface area contributed by atoms with Gasteiger partial charge in [-0.05, 0) is 28.9 Å². The molecule has 0 saturated carbocycles. The van der Waals surface area contributed by atoms with Crippen molar-refractivity contribution in [2.75, 3.05) is 0 Å². The number of fused-ring (bicyclic) bond motifs is 1. The summed E-state index contributed by atoms with van der Waals surface area (Å²) in [6.45, 7) is 5.68. The Labute approximate surface area is 103 Å². The van der Waals surface area contributed by atoms with E-state index in [-0.39, 0.29) is 11.2 Å². The van der Waals surface area contributed by atoms with E-state index < -0.39 is 6.10 Å². The minimum absolute atomic E-state index is 0.0306. The first-order chi connectivity index (χ1) is 7.89. The summed E-state index contributed by atoms with van der Waals surface area (Å²) in [5.41, 5.74) is 2.26. The normalized spacial score (nSPS) is 20.4. The minimum Gasteiger partial charge on any atom is -0.385 e. The van der Waals surface area contributed by atoms with E-state index in [9.17, 15) is 9.90 Å². The Kier molecular flexibility index (Phi) is 3.09. The van der Waals surface area contributed by atoms with Gasteiger partial charge in [-0.1, -0.05) is 45.0 Å². The predicted octanol–water partition coefficient (Wildman–Crippen LogP) is 2.69. The van der Waals surface area contributed by atoms with Gasteiger partial charge in [-0.3, -0.25) is 4.79 Å². The maximum Gasteiger partial charge on any atom is 0.162 e. The molecule has 2 rings (SSSR count). The van der Waals surface area contributed by atoms with Gasteiger partial charge in [0.15, 0.2) is 5.78 Å². The molecular formula is C15H20O2. The summed E-state index contributed by atoms with van der Waals surface area (Å²) in [7, 11) is 0. The van der Waals surface area contributed by atoms with Crippen LogP contribution in [0.5, 0.6) is 0 Å². The summed E-state index contributed by atoms with van der Waals surface area (Å²) in [4.78, 5) is 12.0. The number of hydrogen-bond acceptors (Lipinski definition) is 2. The molecule has 92 valence electrons. The van der Waals surface area contributed by atoms with E-state index in [2.05, 4.69) is 12.1 Å². The van der Waals surface area contributed by atoms with Crippen LogP contribution in [0.4, 0.5) is 0 Å². The molecule has 1 aromatic carbocycles. The van der Waals surface area contributed by atoms with Crippen molar-refractivity contribution in [1.82, 2.24) is 0 Å². The van der Waals surface area contributed by atoms with E-state index in [1.807, 2.05) is 32.9 Å². The second-order valence-electron chi connectivity index (χ2n) is 6.04. The standard InChI is InChI=1S/C15H20O2/c1-15(2,3)14(17)13(16)9-11-8-10-6-4-5-7-12(10)11/h4-7,11,14,17H,8-9H2,1-3H3. The summed E-state index contributed by atoms with van der Waals surface area (Å²) in [5.74, 6) is 0.285. The lowest BCUT2D eigenvalue weighted by Gasteiger charge is -2.32. The van der Waals surface area contributed by atoms with Gasteiger partial charge < -0.3 is 5.11 Å². The van der Waals surface area contributed by atoms with E-state index in [1.165, 1.54) is 11.1 Å². The number of Topliss-reactive ketones (excluding diaryl/α,β-unsaturated/α-hetero) is 1. The first-order valence-electron chi connectivity index (χ1n) is 6.18. The number of carbonyl (C=O) groups is 1. The van der Waals surface area contributed by atoms with Crippen LogP contribution in [0.2, 0.25) is 0 Å². The fourth-order valence-electron chi connectivity index (χ4n) is 2.38. The van der Waals surface area contributed by atoms with Crippen molar-refractivity contribution in [2.45, 2.75) is 45.6 Å². The Morgan fingerprint density at radius 1 is 1.41 bits per heavy atom. The molecule has 0 amide bonds. The van der Waals surface area contributed by atoms with Crippen LogP contribution in [0.1, 0.15) is 44.2 Å². The molecular weight excluding hydrogens is 212 g/mol. The van der Waals surface area contributed by atoms with Gasteiger partial charge in [0.25, 0.3) is 0 Å². The van der Waals surface area contributed by atoms with Crippen molar-refractivity contribution in [3.63, 3.8) is 0 Å². The molecule has 0 bridgehead atoms. The summed E-state index contributed by atoms with van der Waals surface area (Å²) in [5, 5.41) is 9.92. The fraction of sp³-hybridized carbons (Fsp3) is 0.533. The molecule has 0 radical (unpaired) electrons. The highest BCUT2D eigenvalue weighted by atomic mass is 16.3. The Bertz CT molecular complexity index is 429. The van der Waals surface area contributed by atoms with E-state index in [1.54, 1.807) is 0 Å². The van der Waals surface area contributed by atoms with E-state index >= 15 is 0 Å². The van der Waals surface area contributed by atoms with Crippen LogP contribution in [0, 0.1) is 5.41 Å². The molecule has 0 saturated heterocycles. The minimum atomic E-state index is -0.852. The average Bonchev–Trinajstić information content (AvgIpc) is 2.23. The molecule has 1 aliphatic carbocycles. The Balaban J connectivity index is 1.99. The number of ketones is 1. The SMILES string of the molecule is CC(C)(C)C(O)C(=O)CC1Cc2ccccc21. The molecule has 0 fully saturated rings. The number of rotatable bonds is 3. The smallest absolute Gasteiger partial charge is 0.162 e. The number of aliphatic hydroxyl groups is 1. The molecule has 17 heavy (non-hydrogen) atoms. The van der Waals surface area contributed by atoms with Crippen molar-refractivity contribution in [3.05, 3.63) is 35.4 Å². The van der Waals surface area contributed by atoms with Gasteiger partial charge in [0, 0.05) is 6.42 Å². The molecule has 1 aromatic rings. The zero-order valence-electron chi connectivity index (χ0n) is 10.7. The van der Waals surface area contributed by atoms with Crippen molar-refractivity contribution >= 4 is 5.78 Å². The van der Waals surface area contributed by atoms with Crippen LogP contribution in [-0.4, -0.2) is 17.0 Å². The molecule has 2 heteroatoms. The molecule has 0 heterocycles. The van der Waals surface area contributed by atoms with Crippen molar-refractivity contribution in [2.24, 2.45) is 5.41 Å². The summed E-state index contributed by atoms with van der Waals surface area (Å²) in [6, 6.07) is 8.23. The molecule has 1 N–H and O–H groups in total. The van der Waals surface area contributed by atoms with Crippen LogP contribution >= 0.6 is 0 Å². The molecule has 1 aliphatic rings. The number of aliphatic hydroxyl groups excluding tert-OH is 1. The Morgan fingerprint density at radius 3 is 2.65 bits per heavy atom. The maximum absolute atomic E-state index is 12.0. The first kappa shape index (κ1) is 12.3. The van der Waals surface area contributed by atoms with Crippen LogP contribution in [0.25, 0.3) is 0 Å². The average molecular weight is 232 g/mol. The summed E-state index contributed by atoms with van der Waals surface area (Å²) < 4.78 is 0. The van der Waals surface area contributed by atoms with Gasteiger partial charge in [0.2, 0.25) is 0 Å². The highest BCUT2D eigenvalue weighted by Gasteiger charge is 2.33. The van der Waals surface area contributed by atoms with Crippen LogP contribution in [-0.2, 0) is 11.2 Å². The van der Waals surface area contributed by atoms with Gasteiger partial charge in [0.1, 0.15) is 6.10 Å². The largest absolute Gasteiger partial charge is 0.385 e. The second-order valence-corrected chi connectivity index (χ2v) is 6.04. The fourth-order valence-corrected chi connectivity index (χ4v) is 2.38. The van der Waals surface area contributed by atoms with Crippen molar-refractivity contribution < 1.29 is 9.90 Å². The zero-order chi connectivity index (χ0) is 12.6. The first-order valence-corrected chi connectivity index (χ1v) is 6.18. The molecule has 0 aromatic heterocycles. The van der Waals surface area contributed by atoms with Gasteiger partial charge >= 0.3 is 0 Å². The quantitative estimate of drug-likeness (QED) is 0.870. The summed E-state index contributed by atoms with van der Waals surface area (Å²) >= 11 is 0. The van der Waals surface area contributed by atoms with Gasteiger partial charge in [-0.2, -0.15) is 0 Å². The Hall–Kier alpha value is -1.15. The van der Waals surface area contributed by atoms with Crippen LogP contribution < -0.4 is 0 Å². The molecule has 2 unspecified atom stereocenters. The molecule has 2 atom stereocenters. The number of carbonyl (C=O) groups excluding carboxylic acids is 1. The van der Waals surface area contributed by atoms with Crippen LogP contribution in [0.3, 0.4) is 0 Å². The molecule has 0 aliphatic heterocycles. The lowest BCUT2D eigenvalue weighted by Crippen LogP contribution is -2.36. The van der Waals surface area contributed by atoms with E-state index in [0.29, 0.717) is 12.3 Å². The number of benzene rings is 1. The third-order valence-electron chi connectivity index (χ3n) is 3.53.